The van der Waals surface area contributed by atoms with Crippen LogP contribution in [0, 0.1) is 0 Å². The molecule has 0 amide bonds. The molecule has 0 bridgehead atoms. The number of pyridine rings is 1. The summed E-state index contributed by atoms with van der Waals surface area (Å²) < 4.78 is 25.4. The van der Waals surface area contributed by atoms with E-state index in [4.69, 9.17) is 10.1 Å². The van der Waals surface area contributed by atoms with E-state index in [-0.39, 0.29) is 0 Å². The van der Waals surface area contributed by atoms with Crippen LogP contribution in [0.3, 0.4) is 0 Å². The molecule has 0 atom stereocenters. The number of fused-ring (bicyclic) bond motifs is 1. The molecule has 0 spiro atoms. The van der Waals surface area contributed by atoms with Crippen molar-refractivity contribution in [2.24, 2.45) is 0 Å². The maximum Gasteiger partial charge on any atom is 0.182 e. The number of hydrogen-bond donors (Lipinski definition) is 0. The van der Waals surface area contributed by atoms with Crippen molar-refractivity contribution in [1.29, 1.82) is 0 Å². The first kappa shape index (κ1) is 21.8. The maximum atomic E-state index is 11.8. The molecular weight excluding hydrogens is 434 g/mol. The molecule has 8 heteroatoms. The molecule has 0 unspecified atom stereocenters. The summed E-state index contributed by atoms with van der Waals surface area (Å²) in [4.78, 5) is 10.0. The van der Waals surface area contributed by atoms with Crippen LogP contribution in [0.15, 0.2) is 71.8 Å². The average molecular weight is 462 g/mol. The van der Waals surface area contributed by atoms with Gasteiger partial charge in [-0.2, -0.15) is 0 Å². The van der Waals surface area contributed by atoms with Gasteiger partial charge in [0.2, 0.25) is 0 Å². The van der Waals surface area contributed by atoms with Crippen LogP contribution in [0.5, 0.6) is 0 Å². The second-order valence-corrected chi connectivity index (χ2v) is 10.7. The Hall–Kier alpha value is -3.07. The number of benzene rings is 2. The fourth-order valence-electron chi connectivity index (χ4n) is 4.25. The van der Waals surface area contributed by atoms with Crippen molar-refractivity contribution in [3.05, 3.63) is 72.4 Å². The van der Waals surface area contributed by atoms with Gasteiger partial charge in [0.15, 0.2) is 21.3 Å². The molecule has 170 valence electrons. The normalized spacial score (nSPS) is 15.8. The van der Waals surface area contributed by atoms with E-state index in [1.165, 1.54) is 11.8 Å². The van der Waals surface area contributed by atoms with E-state index in [2.05, 4.69) is 35.0 Å². The van der Waals surface area contributed by atoms with Gasteiger partial charge in [-0.05, 0) is 42.4 Å². The number of rotatable bonds is 5. The molecule has 0 radical (unpaired) electrons. The Labute approximate surface area is 194 Å². The van der Waals surface area contributed by atoms with Crippen molar-refractivity contribution >= 4 is 15.5 Å². The predicted molar refractivity (Wildman–Crippen MR) is 130 cm³/mol. The van der Waals surface area contributed by atoms with E-state index in [0.717, 1.165) is 55.1 Å². The highest BCUT2D eigenvalue weighted by atomic mass is 32.2. The summed E-state index contributed by atoms with van der Waals surface area (Å²) in [6.45, 7) is 5.14. The lowest BCUT2D eigenvalue weighted by Gasteiger charge is -2.32. The Morgan fingerprint density at radius 1 is 0.879 bits per heavy atom. The zero-order valence-corrected chi connectivity index (χ0v) is 19.7. The van der Waals surface area contributed by atoms with Gasteiger partial charge in [-0.15, -0.1) is 5.10 Å². The van der Waals surface area contributed by atoms with Crippen LogP contribution in [0.25, 0.3) is 28.2 Å². The van der Waals surface area contributed by atoms with Crippen molar-refractivity contribution in [2.75, 3.05) is 39.5 Å². The molecule has 5 rings (SSSR count). The first-order chi connectivity index (χ1) is 15.9. The number of hydrogen-bond acceptors (Lipinski definition) is 6. The monoisotopic (exact) mass is 461 g/mol. The van der Waals surface area contributed by atoms with Crippen LogP contribution in [0.4, 0.5) is 0 Å². The standard InChI is InChI=1S/C25H27N5O2S/c1-28-14-16-29(17-15-28)18-20-6-3-4-7-22(20)24-26-25-23(8-5-13-30(25)27-24)19-9-11-21(12-10-19)33(2,31)32/h3-13H,14-18H2,1-2H3. The molecule has 1 aliphatic heterocycles. The second kappa shape index (κ2) is 8.70. The average Bonchev–Trinajstić information content (AvgIpc) is 3.25. The van der Waals surface area contributed by atoms with Crippen LogP contribution in [0.1, 0.15) is 5.56 Å². The molecular formula is C25H27N5O2S. The zero-order chi connectivity index (χ0) is 23.0. The summed E-state index contributed by atoms with van der Waals surface area (Å²) in [5, 5.41) is 4.77. The first-order valence-corrected chi connectivity index (χ1v) is 12.9. The molecule has 1 aliphatic rings. The van der Waals surface area contributed by atoms with Crippen LogP contribution >= 0.6 is 0 Å². The topological polar surface area (TPSA) is 70.8 Å². The van der Waals surface area contributed by atoms with Crippen LogP contribution < -0.4 is 0 Å². The highest BCUT2D eigenvalue weighted by Crippen LogP contribution is 2.28. The molecule has 0 N–H and O–H groups in total. The van der Waals surface area contributed by atoms with Gasteiger partial charge in [0, 0.05) is 56.3 Å². The highest BCUT2D eigenvalue weighted by Gasteiger charge is 2.18. The summed E-state index contributed by atoms with van der Waals surface area (Å²) in [5.74, 6) is 0.694. The van der Waals surface area contributed by atoms with Gasteiger partial charge < -0.3 is 4.90 Å². The van der Waals surface area contributed by atoms with Crippen LogP contribution in [0.2, 0.25) is 0 Å². The lowest BCUT2D eigenvalue weighted by Crippen LogP contribution is -2.43. The molecule has 1 fully saturated rings. The molecule has 33 heavy (non-hydrogen) atoms. The molecule has 3 heterocycles. The summed E-state index contributed by atoms with van der Waals surface area (Å²) in [5.41, 5.74) is 4.81. The Kier molecular flexibility index (Phi) is 5.74. The summed E-state index contributed by atoms with van der Waals surface area (Å²) >= 11 is 0. The van der Waals surface area contributed by atoms with E-state index < -0.39 is 9.84 Å². The van der Waals surface area contributed by atoms with Crippen LogP contribution in [-0.2, 0) is 16.4 Å². The lowest BCUT2D eigenvalue weighted by molar-refractivity contribution is 0.148. The Morgan fingerprint density at radius 3 is 2.30 bits per heavy atom. The van der Waals surface area contributed by atoms with E-state index in [1.807, 2.05) is 36.5 Å². The van der Waals surface area contributed by atoms with Gasteiger partial charge in [0.1, 0.15) is 0 Å². The predicted octanol–water partition coefficient (Wildman–Crippen LogP) is 3.21. The number of nitrogens with zero attached hydrogens (tertiary/aromatic N) is 5. The van der Waals surface area contributed by atoms with Gasteiger partial charge in [-0.1, -0.05) is 36.4 Å². The molecule has 4 aromatic rings. The van der Waals surface area contributed by atoms with Crippen molar-refractivity contribution in [1.82, 2.24) is 24.4 Å². The lowest BCUT2D eigenvalue weighted by atomic mass is 10.1. The van der Waals surface area contributed by atoms with Crippen molar-refractivity contribution in [3.8, 4) is 22.5 Å². The van der Waals surface area contributed by atoms with E-state index in [9.17, 15) is 8.42 Å². The SMILES string of the molecule is CN1CCN(Cc2ccccc2-c2nc3c(-c4ccc(S(C)(=O)=O)cc4)cccn3n2)CC1. The summed E-state index contributed by atoms with van der Waals surface area (Å²) in [6, 6.07) is 19.2. The fraction of sp³-hybridized carbons (Fsp3) is 0.280. The van der Waals surface area contributed by atoms with E-state index >= 15 is 0 Å². The summed E-state index contributed by atoms with van der Waals surface area (Å²) in [6.07, 6.45) is 3.11. The van der Waals surface area contributed by atoms with Gasteiger partial charge >= 0.3 is 0 Å². The third-order valence-electron chi connectivity index (χ3n) is 6.20. The van der Waals surface area contributed by atoms with Crippen molar-refractivity contribution in [3.63, 3.8) is 0 Å². The van der Waals surface area contributed by atoms with Gasteiger partial charge in [-0.3, -0.25) is 4.90 Å². The zero-order valence-electron chi connectivity index (χ0n) is 18.8. The van der Waals surface area contributed by atoms with Gasteiger partial charge in [0.05, 0.1) is 4.90 Å². The Morgan fingerprint density at radius 2 is 1.58 bits per heavy atom. The van der Waals surface area contributed by atoms with E-state index in [1.54, 1.807) is 16.6 Å². The first-order valence-electron chi connectivity index (χ1n) is 11.0. The number of likely N-dealkylation sites (N-methyl/N-ethyl adjacent to an activating group) is 1. The quantitative estimate of drug-likeness (QED) is 0.455. The largest absolute Gasteiger partial charge is 0.304 e. The number of aromatic nitrogens is 3. The molecule has 1 saturated heterocycles. The Balaban J connectivity index is 1.50. The minimum absolute atomic E-state index is 0.304. The smallest absolute Gasteiger partial charge is 0.182 e. The van der Waals surface area contributed by atoms with Crippen LogP contribution in [-0.4, -0.2) is 72.3 Å². The third-order valence-corrected chi connectivity index (χ3v) is 7.33. The molecule has 0 saturated carbocycles. The second-order valence-electron chi connectivity index (χ2n) is 8.66. The molecule has 0 aliphatic carbocycles. The van der Waals surface area contributed by atoms with Gasteiger partial charge in [0.25, 0.3) is 0 Å². The fourth-order valence-corrected chi connectivity index (χ4v) is 4.88. The minimum atomic E-state index is -3.24. The van der Waals surface area contributed by atoms with E-state index in [0.29, 0.717) is 10.7 Å². The Bertz CT molecular complexity index is 1390. The molecule has 2 aromatic heterocycles. The summed E-state index contributed by atoms with van der Waals surface area (Å²) in [7, 11) is -1.07. The maximum absolute atomic E-state index is 11.8. The molecule has 2 aromatic carbocycles. The third kappa shape index (κ3) is 4.55. The van der Waals surface area contributed by atoms with Gasteiger partial charge in [-0.25, -0.2) is 17.9 Å². The number of piperazine rings is 1. The van der Waals surface area contributed by atoms with Crippen molar-refractivity contribution < 1.29 is 8.42 Å². The molecule has 7 nitrogen and oxygen atoms in total. The highest BCUT2D eigenvalue weighted by molar-refractivity contribution is 7.90. The minimum Gasteiger partial charge on any atom is -0.304 e. The van der Waals surface area contributed by atoms with Crippen molar-refractivity contribution in [2.45, 2.75) is 11.4 Å². The number of sulfone groups is 1.